The lowest BCUT2D eigenvalue weighted by molar-refractivity contribution is -0.119. The van der Waals surface area contributed by atoms with Crippen LogP contribution in [0.4, 0.5) is 5.69 Å². The van der Waals surface area contributed by atoms with Crippen LogP contribution in [0.15, 0.2) is 65.8 Å². The number of hydrazone groups is 1. The maximum absolute atomic E-state index is 12.0. The Morgan fingerprint density at radius 2 is 1.82 bits per heavy atom. The van der Waals surface area contributed by atoms with Crippen molar-refractivity contribution in [1.29, 1.82) is 0 Å². The number of rotatable bonds is 10. The second-order valence-corrected chi connectivity index (χ2v) is 8.91. The lowest BCUT2D eigenvalue weighted by Gasteiger charge is -2.13. The summed E-state index contributed by atoms with van der Waals surface area (Å²) in [4.78, 5) is 12.0. The first-order valence-corrected chi connectivity index (χ1v) is 11.9. The molecule has 0 radical (unpaired) electrons. The van der Waals surface area contributed by atoms with Crippen LogP contribution < -0.4 is 20.2 Å². The molecule has 0 aliphatic carbocycles. The number of carbonyl (C=O) groups is 1. The van der Waals surface area contributed by atoms with Crippen molar-refractivity contribution in [1.82, 2.24) is 5.43 Å². The van der Waals surface area contributed by atoms with Gasteiger partial charge in [0, 0.05) is 24.9 Å². The molecule has 0 aliphatic heterocycles. The fourth-order valence-corrected chi connectivity index (χ4v) is 3.58. The van der Waals surface area contributed by atoms with Crippen molar-refractivity contribution in [3.63, 3.8) is 0 Å². The van der Waals surface area contributed by atoms with Gasteiger partial charge >= 0.3 is 0 Å². The molecule has 0 atom stereocenters. The number of carbonyl (C=O) groups excluding carboxylic acids is 1. The normalized spacial score (nSPS) is 10.8. The van der Waals surface area contributed by atoms with Gasteiger partial charge in [0.2, 0.25) is 0 Å². The molecule has 0 saturated heterocycles. The monoisotopic (exact) mass is 597 g/mol. The molecule has 172 valence electrons. The van der Waals surface area contributed by atoms with E-state index >= 15 is 0 Å². The molecule has 0 aliphatic rings. The Labute approximate surface area is 216 Å². The zero-order valence-corrected chi connectivity index (χ0v) is 21.4. The second-order valence-electron chi connectivity index (χ2n) is 6.82. The number of nitrogens with one attached hydrogen (secondary N) is 2. The largest absolute Gasteiger partial charge is 0.490 e. The van der Waals surface area contributed by atoms with E-state index in [2.05, 4.69) is 38.4 Å². The van der Waals surface area contributed by atoms with E-state index in [0.29, 0.717) is 28.2 Å². The van der Waals surface area contributed by atoms with E-state index in [0.717, 1.165) is 20.4 Å². The Balaban J connectivity index is 1.56. The quantitative estimate of drug-likeness (QED) is 0.167. The SMILES string of the molecule is CCOc1cc(/C=N\NC(=O)CNc2ccc(I)cc2)ccc1OCc1ccc(Cl)cc1Cl. The predicted octanol–water partition coefficient (Wildman–Crippen LogP) is 6.14. The Kier molecular flexibility index (Phi) is 9.65. The van der Waals surface area contributed by atoms with Crippen LogP contribution >= 0.6 is 45.8 Å². The number of halogens is 3. The summed E-state index contributed by atoms with van der Waals surface area (Å²) in [7, 11) is 0. The molecule has 9 heteroatoms. The highest BCUT2D eigenvalue weighted by Crippen LogP contribution is 2.30. The summed E-state index contributed by atoms with van der Waals surface area (Å²) in [6.45, 7) is 2.75. The van der Waals surface area contributed by atoms with E-state index in [4.69, 9.17) is 32.7 Å². The van der Waals surface area contributed by atoms with E-state index in [-0.39, 0.29) is 19.1 Å². The maximum atomic E-state index is 12.0. The number of benzene rings is 3. The van der Waals surface area contributed by atoms with Gasteiger partial charge < -0.3 is 14.8 Å². The zero-order chi connectivity index (χ0) is 23.6. The minimum absolute atomic E-state index is 0.113. The summed E-state index contributed by atoms with van der Waals surface area (Å²) >= 11 is 14.4. The third kappa shape index (κ3) is 8.10. The fourth-order valence-electron chi connectivity index (χ4n) is 2.76. The second kappa shape index (κ2) is 12.7. The maximum Gasteiger partial charge on any atom is 0.259 e. The molecular formula is C24H22Cl2IN3O3. The summed E-state index contributed by atoms with van der Waals surface area (Å²) < 4.78 is 12.7. The van der Waals surface area contributed by atoms with Gasteiger partial charge in [0.15, 0.2) is 11.5 Å². The summed E-state index contributed by atoms with van der Waals surface area (Å²) in [5.41, 5.74) is 4.94. The highest BCUT2D eigenvalue weighted by molar-refractivity contribution is 14.1. The molecule has 0 heterocycles. The van der Waals surface area contributed by atoms with Crippen LogP contribution in [0.3, 0.4) is 0 Å². The van der Waals surface area contributed by atoms with Crippen molar-refractivity contribution in [2.24, 2.45) is 5.10 Å². The summed E-state index contributed by atoms with van der Waals surface area (Å²) in [6.07, 6.45) is 1.55. The van der Waals surface area contributed by atoms with Gasteiger partial charge in [0.05, 0.1) is 19.4 Å². The van der Waals surface area contributed by atoms with E-state index in [1.165, 1.54) is 0 Å². The van der Waals surface area contributed by atoms with Gasteiger partial charge in [-0.2, -0.15) is 5.10 Å². The van der Waals surface area contributed by atoms with Gasteiger partial charge in [0.1, 0.15) is 6.61 Å². The topological polar surface area (TPSA) is 72.0 Å². The number of hydrogen-bond acceptors (Lipinski definition) is 5. The molecule has 0 unspecified atom stereocenters. The van der Waals surface area contributed by atoms with Crippen LogP contribution in [0.1, 0.15) is 18.1 Å². The van der Waals surface area contributed by atoms with Crippen molar-refractivity contribution in [3.8, 4) is 11.5 Å². The average Bonchev–Trinajstić information content (AvgIpc) is 2.79. The van der Waals surface area contributed by atoms with E-state index in [1.54, 1.807) is 30.5 Å². The molecule has 3 aromatic carbocycles. The highest BCUT2D eigenvalue weighted by Gasteiger charge is 2.09. The number of anilines is 1. The molecule has 2 N–H and O–H groups in total. The summed E-state index contributed by atoms with van der Waals surface area (Å²) in [6, 6.07) is 18.4. The van der Waals surface area contributed by atoms with Crippen LogP contribution in [-0.2, 0) is 11.4 Å². The smallest absolute Gasteiger partial charge is 0.259 e. The van der Waals surface area contributed by atoms with Crippen molar-refractivity contribution in [2.75, 3.05) is 18.5 Å². The number of nitrogens with zero attached hydrogens (tertiary/aromatic N) is 1. The van der Waals surface area contributed by atoms with E-state index < -0.39 is 0 Å². The lowest BCUT2D eigenvalue weighted by atomic mass is 10.2. The summed E-state index contributed by atoms with van der Waals surface area (Å²) in [5.74, 6) is 0.888. The Bertz CT molecular complexity index is 1120. The van der Waals surface area contributed by atoms with Crippen molar-refractivity contribution >= 4 is 63.6 Å². The Hall–Kier alpha value is -2.49. The van der Waals surface area contributed by atoms with Gasteiger partial charge in [-0.3, -0.25) is 4.79 Å². The molecule has 0 aromatic heterocycles. The van der Waals surface area contributed by atoms with Crippen LogP contribution in [0, 0.1) is 3.57 Å². The average molecular weight is 598 g/mol. The first-order chi connectivity index (χ1) is 15.9. The number of ether oxygens (including phenoxy) is 2. The molecule has 33 heavy (non-hydrogen) atoms. The van der Waals surface area contributed by atoms with Crippen LogP contribution in [0.25, 0.3) is 0 Å². The lowest BCUT2D eigenvalue weighted by Crippen LogP contribution is -2.25. The minimum Gasteiger partial charge on any atom is -0.490 e. The third-order valence-corrected chi connectivity index (χ3v) is 5.67. The molecule has 1 amide bonds. The molecule has 3 aromatic rings. The van der Waals surface area contributed by atoms with Crippen molar-refractivity contribution in [2.45, 2.75) is 13.5 Å². The highest BCUT2D eigenvalue weighted by atomic mass is 127. The first kappa shape index (κ1) is 25.1. The van der Waals surface area contributed by atoms with Gasteiger partial charge in [-0.15, -0.1) is 0 Å². The molecule has 0 saturated carbocycles. The van der Waals surface area contributed by atoms with Gasteiger partial charge in [-0.25, -0.2) is 5.43 Å². The fraction of sp³-hybridized carbons (Fsp3) is 0.167. The molecule has 3 rings (SSSR count). The Morgan fingerprint density at radius 1 is 1.03 bits per heavy atom. The molecule has 0 fully saturated rings. The van der Waals surface area contributed by atoms with Gasteiger partial charge in [0.25, 0.3) is 5.91 Å². The first-order valence-electron chi connectivity index (χ1n) is 10.1. The van der Waals surface area contributed by atoms with Crippen LogP contribution in [0.5, 0.6) is 11.5 Å². The predicted molar refractivity (Wildman–Crippen MR) is 142 cm³/mol. The van der Waals surface area contributed by atoms with E-state index in [9.17, 15) is 4.79 Å². The number of hydrogen-bond donors (Lipinski definition) is 2. The molecule has 0 bridgehead atoms. The van der Waals surface area contributed by atoms with Crippen molar-refractivity contribution < 1.29 is 14.3 Å². The van der Waals surface area contributed by atoms with Crippen LogP contribution in [0.2, 0.25) is 10.0 Å². The van der Waals surface area contributed by atoms with Gasteiger partial charge in [-0.1, -0.05) is 29.3 Å². The minimum atomic E-state index is -0.255. The number of amides is 1. The molecule has 0 spiro atoms. The van der Waals surface area contributed by atoms with E-state index in [1.807, 2.05) is 43.3 Å². The van der Waals surface area contributed by atoms with Crippen molar-refractivity contribution in [3.05, 3.63) is 85.4 Å². The van der Waals surface area contributed by atoms with Crippen LogP contribution in [-0.4, -0.2) is 25.3 Å². The molecular weight excluding hydrogens is 576 g/mol. The molecule has 6 nitrogen and oxygen atoms in total. The summed E-state index contributed by atoms with van der Waals surface area (Å²) in [5, 5.41) is 8.17. The van der Waals surface area contributed by atoms with Gasteiger partial charge in [-0.05, 0) is 89.7 Å². The Morgan fingerprint density at radius 3 is 2.55 bits per heavy atom. The standard InChI is InChI=1S/C24H22Cl2IN3O3/c1-2-32-23-11-16(3-10-22(23)33-15-17-4-5-18(25)12-21(17)26)13-29-30-24(31)14-28-20-8-6-19(27)7-9-20/h3-13,28H,2,14-15H2,1H3,(H,30,31)/b29-13-. The third-order valence-electron chi connectivity index (χ3n) is 4.37. The zero-order valence-electron chi connectivity index (χ0n) is 17.8.